The van der Waals surface area contributed by atoms with Crippen LogP contribution in [0.5, 0.6) is 5.75 Å². The molecular formula is C76H69BrN6O15. The minimum atomic E-state index is -1.01. The quantitative estimate of drug-likeness (QED) is 0.0486. The zero-order chi connectivity index (χ0) is 72.2. The number of hydrogen-bond acceptors (Lipinski definition) is 19. The molecule has 0 aliphatic heterocycles. The summed E-state index contributed by atoms with van der Waals surface area (Å²) in [5.41, 5.74) is 10.00. The van der Waals surface area contributed by atoms with Gasteiger partial charge in [-0.2, -0.15) is 0 Å². The van der Waals surface area contributed by atoms with Gasteiger partial charge in [-0.05, 0) is 178 Å². The maximum atomic E-state index is 11.5. The number of phenols is 1. The highest BCUT2D eigenvalue weighted by Gasteiger charge is 2.21. The molecule has 2 N–H and O–H groups in total. The Morgan fingerprint density at radius 1 is 0.357 bits per heavy atom. The van der Waals surface area contributed by atoms with Gasteiger partial charge < -0.3 is 10.2 Å². The van der Waals surface area contributed by atoms with Crippen LogP contribution in [0.2, 0.25) is 0 Å². The summed E-state index contributed by atoms with van der Waals surface area (Å²) in [7, 11) is 0. The van der Waals surface area contributed by atoms with Crippen molar-refractivity contribution >= 4 is 85.4 Å². The Balaban J connectivity index is 0.000000194. The van der Waals surface area contributed by atoms with Crippen molar-refractivity contribution in [1.29, 1.82) is 0 Å². The molecule has 0 atom stereocenters. The Labute approximate surface area is 573 Å². The summed E-state index contributed by atoms with van der Waals surface area (Å²) in [6.07, 6.45) is 6.06. The van der Waals surface area contributed by atoms with E-state index in [4.69, 9.17) is 5.11 Å². The van der Waals surface area contributed by atoms with E-state index >= 15 is 0 Å². The van der Waals surface area contributed by atoms with E-state index in [1.807, 2.05) is 36.4 Å². The van der Waals surface area contributed by atoms with Crippen molar-refractivity contribution in [2.75, 3.05) is 0 Å². The summed E-state index contributed by atoms with van der Waals surface area (Å²) in [4.78, 5) is 156. The summed E-state index contributed by atoms with van der Waals surface area (Å²) in [5.74, 6) is -2.16. The number of nitrogens with zero attached hydrogens (tertiary/aromatic N) is 6. The van der Waals surface area contributed by atoms with Gasteiger partial charge in [0.1, 0.15) is 62.7 Å². The van der Waals surface area contributed by atoms with E-state index in [2.05, 4.69) is 40.8 Å². The largest absolute Gasteiger partial charge is 0.508 e. The highest BCUT2D eigenvalue weighted by Crippen LogP contribution is 2.34. The average molecular weight is 1390 g/mol. The smallest absolute Gasteiger partial charge is 0.335 e. The lowest BCUT2D eigenvalue weighted by Gasteiger charge is -2.22. The van der Waals surface area contributed by atoms with E-state index < -0.39 is 10.9 Å². The molecule has 10 rings (SSSR count). The molecule has 21 nitrogen and oxygen atoms in total. The van der Waals surface area contributed by atoms with Gasteiger partial charge in [-0.25, -0.2) is 29.7 Å². The monoisotopic (exact) mass is 1380 g/mol. The highest BCUT2D eigenvalue weighted by atomic mass is 79.9. The summed E-state index contributed by atoms with van der Waals surface area (Å²) in [6.45, 7) is 14.2. The first kappa shape index (κ1) is 75.5. The number of carbonyl (C=O) groups is 11. The number of aromatic nitrogens is 5. The molecule has 0 bridgehead atoms. The van der Waals surface area contributed by atoms with Gasteiger partial charge in [0.15, 0.2) is 57.8 Å². The number of carbonyl (C=O) groups excluding carboxylic acids is 10. The number of aromatic carboxylic acids is 1. The summed E-state index contributed by atoms with van der Waals surface area (Å²) >= 11 is 3.37. The van der Waals surface area contributed by atoms with Gasteiger partial charge in [0.2, 0.25) is 0 Å². The topological polar surface area (TPSA) is 336 Å². The van der Waals surface area contributed by atoms with Crippen molar-refractivity contribution in [3.05, 3.63) is 240 Å². The SMILES string of the molecule is CC(=O)c1cc(-c2ccc(Br)cc2)cc(C(C)=O)n1.CC(=O)c1cc(-c2ccc(C(=O)O)cc2)cc(C(C)=O)n1.CC(=O)c1cc(-c2ccc(O)cc2)cc(C(C)=O)n1.CC(=O)c1cc(-c2ccc([N+](=O)[O-])cc2)cc(C(C)=O)n1.CC(=O)c1cc(C2CCCCC2)cc(C(C)=O)n1. The Hall–Kier alpha value is -11.5. The third kappa shape index (κ3) is 21.8. The average Bonchev–Trinajstić information content (AvgIpc) is 0.858. The van der Waals surface area contributed by atoms with Gasteiger partial charge >= 0.3 is 5.97 Å². The lowest BCUT2D eigenvalue weighted by atomic mass is 9.83. The van der Waals surface area contributed by atoms with Crippen LogP contribution in [-0.2, 0) is 0 Å². The van der Waals surface area contributed by atoms with Crippen LogP contribution in [0.15, 0.2) is 162 Å². The molecule has 98 heavy (non-hydrogen) atoms. The molecule has 9 aromatic rings. The van der Waals surface area contributed by atoms with Crippen molar-refractivity contribution in [2.24, 2.45) is 0 Å². The molecule has 500 valence electrons. The second-order valence-corrected chi connectivity index (χ2v) is 23.7. The number of hydrogen-bond donors (Lipinski definition) is 2. The first-order chi connectivity index (χ1) is 46.3. The second-order valence-electron chi connectivity index (χ2n) is 22.8. The number of rotatable bonds is 17. The minimum absolute atomic E-state index is 0.0219. The van der Waals surface area contributed by atoms with Gasteiger partial charge in [-0.3, -0.25) is 58.1 Å². The summed E-state index contributed by atoms with van der Waals surface area (Å²) < 4.78 is 0.976. The zero-order valence-corrected chi connectivity index (χ0v) is 57.0. The Bertz CT molecular complexity index is 4170. The van der Waals surface area contributed by atoms with E-state index in [0.29, 0.717) is 50.9 Å². The van der Waals surface area contributed by atoms with Gasteiger partial charge in [-0.15, -0.1) is 0 Å². The number of phenolic OH excluding ortho intramolecular Hbond substituents is 1. The molecule has 5 aromatic heterocycles. The molecule has 1 saturated carbocycles. The number of carboxylic acid groups (broad SMARTS) is 1. The predicted molar refractivity (Wildman–Crippen MR) is 372 cm³/mol. The molecule has 1 aliphatic rings. The Kier molecular flexibility index (Phi) is 26.8. The fraction of sp³-hybridized carbons (Fsp3) is 0.211. The van der Waals surface area contributed by atoms with Crippen molar-refractivity contribution in [3.63, 3.8) is 0 Å². The van der Waals surface area contributed by atoms with Gasteiger partial charge in [-0.1, -0.05) is 71.6 Å². The third-order valence-electron chi connectivity index (χ3n) is 15.1. The summed E-state index contributed by atoms with van der Waals surface area (Å²) in [5, 5.41) is 28.8. The van der Waals surface area contributed by atoms with Crippen LogP contribution in [0.4, 0.5) is 5.69 Å². The molecule has 22 heteroatoms. The number of nitro groups is 1. The van der Waals surface area contributed by atoms with Crippen molar-refractivity contribution in [3.8, 4) is 50.3 Å². The highest BCUT2D eigenvalue weighted by molar-refractivity contribution is 9.10. The molecule has 0 amide bonds. The second kappa shape index (κ2) is 34.8. The van der Waals surface area contributed by atoms with Crippen LogP contribution in [0.1, 0.15) is 228 Å². The van der Waals surface area contributed by atoms with Gasteiger partial charge in [0.25, 0.3) is 5.69 Å². The number of non-ortho nitro benzene ring substituents is 1. The number of nitro benzene ring substituents is 1. The van der Waals surface area contributed by atoms with Crippen molar-refractivity contribution < 1.29 is 67.9 Å². The lowest BCUT2D eigenvalue weighted by molar-refractivity contribution is -0.384. The number of ketones is 10. The maximum absolute atomic E-state index is 11.5. The van der Waals surface area contributed by atoms with Crippen molar-refractivity contribution in [2.45, 2.75) is 107 Å². The molecule has 4 aromatic carbocycles. The molecule has 0 unspecified atom stereocenters. The fourth-order valence-corrected chi connectivity index (χ4v) is 9.96. The number of Topliss-reactive ketones (excluding diaryl/α,β-unsaturated/α-hetero) is 10. The maximum Gasteiger partial charge on any atom is 0.335 e. The van der Waals surface area contributed by atoms with E-state index in [0.717, 1.165) is 45.1 Å². The fourth-order valence-electron chi connectivity index (χ4n) is 9.69. The van der Waals surface area contributed by atoms with Crippen LogP contribution in [-0.4, -0.2) is 104 Å². The van der Waals surface area contributed by atoms with Crippen LogP contribution >= 0.6 is 15.9 Å². The van der Waals surface area contributed by atoms with Crippen molar-refractivity contribution in [1.82, 2.24) is 24.9 Å². The molecule has 0 saturated heterocycles. The number of benzene rings is 4. The molecule has 0 spiro atoms. The number of pyridine rings is 5. The Morgan fingerprint density at radius 3 is 0.837 bits per heavy atom. The number of aromatic hydroxyl groups is 1. The number of carboxylic acids is 1. The standard InChI is InChI=1S/C16H13NO4.C15H12BrNO2.C15H12N2O4.C15H13NO3.C15H19NO2/c1-9(18)14-7-13(8-15(17-14)10(2)19)11-3-5-12(6-4-11)16(20)21;1-9(18)14-7-12(8-15(17-14)10(2)19)11-3-5-13(16)6-4-11;1-9(18)14-7-12(8-15(16-14)10(2)19)11-3-5-13(6-4-11)17(20)21;1-9(17)14-7-12(8-15(16-14)10(2)18)11-3-5-13(19)6-4-11;1-10(17)14-8-13(9-15(16-14)11(2)18)12-6-4-3-5-7-12/h3-8H,1-2H3,(H,20,21);3-8H,1-2H3;3-8H,1-2H3;3-8,19H,1-2H3;8-9,12H,3-7H2,1-2H3. The predicted octanol–water partition coefficient (Wildman–Crippen LogP) is 16.2. The van der Waals surface area contributed by atoms with Crippen LogP contribution in [0, 0.1) is 10.1 Å². The van der Waals surface area contributed by atoms with Crippen LogP contribution < -0.4 is 0 Å². The van der Waals surface area contributed by atoms with Crippen LogP contribution in [0.25, 0.3) is 44.5 Å². The first-order valence-electron chi connectivity index (χ1n) is 30.6. The number of halogens is 1. The van der Waals surface area contributed by atoms with Gasteiger partial charge in [0.05, 0.1) is 10.5 Å². The lowest BCUT2D eigenvalue weighted by Crippen LogP contribution is -2.10. The first-order valence-corrected chi connectivity index (χ1v) is 31.4. The van der Waals surface area contributed by atoms with E-state index in [1.165, 1.54) is 113 Å². The third-order valence-corrected chi connectivity index (χ3v) is 15.6. The molecule has 1 fully saturated rings. The molecular weight excluding hydrogens is 1320 g/mol. The summed E-state index contributed by atoms with van der Waals surface area (Å²) in [6, 6.07) is 43.0. The normalized spacial score (nSPS) is 11.4. The minimum Gasteiger partial charge on any atom is -0.508 e. The van der Waals surface area contributed by atoms with E-state index in [9.17, 15) is 68.0 Å². The Morgan fingerprint density at radius 2 is 0.592 bits per heavy atom. The van der Waals surface area contributed by atoms with Crippen LogP contribution in [0.3, 0.4) is 0 Å². The van der Waals surface area contributed by atoms with Gasteiger partial charge in [0, 0.05) is 85.8 Å². The zero-order valence-electron chi connectivity index (χ0n) is 55.4. The van der Waals surface area contributed by atoms with E-state index in [1.54, 1.807) is 97.1 Å². The molecule has 0 radical (unpaired) electrons. The van der Waals surface area contributed by atoms with E-state index in [-0.39, 0.29) is 109 Å². The molecule has 1 aliphatic carbocycles. The molecule has 5 heterocycles.